The van der Waals surface area contributed by atoms with Gasteiger partial charge in [0.25, 0.3) is 0 Å². The molecule has 4 heteroatoms. The number of ether oxygens (including phenoxy) is 1. The summed E-state index contributed by atoms with van der Waals surface area (Å²) < 4.78 is 5.22. The Balaban J connectivity index is 1.61. The van der Waals surface area contributed by atoms with E-state index in [0.29, 0.717) is 0 Å². The summed E-state index contributed by atoms with van der Waals surface area (Å²) in [5.74, 6) is 0.893. The first kappa shape index (κ1) is 12.7. The minimum absolute atomic E-state index is 0.820. The van der Waals surface area contributed by atoms with E-state index >= 15 is 0 Å². The van der Waals surface area contributed by atoms with E-state index < -0.39 is 0 Å². The summed E-state index contributed by atoms with van der Waals surface area (Å²) in [5, 5.41) is 11.6. The molecule has 20 heavy (non-hydrogen) atoms. The van der Waals surface area contributed by atoms with E-state index in [4.69, 9.17) is 4.74 Å². The van der Waals surface area contributed by atoms with Crippen LogP contribution in [-0.4, -0.2) is 17.3 Å². The number of hydrogen-bond donors (Lipinski definition) is 2. The number of H-pyrrole nitrogens is 1. The van der Waals surface area contributed by atoms with E-state index in [9.17, 15) is 0 Å². The second-order valence-electron chi connectivity index (χ2n) is 4.75. The number of fused-ring (bicyclic) bond motifs is 1. The topological polar surface area (TPSA) is 49.9 Å². The van der Waals surface area contributed by atoms with Gasteiger partial charge in [-0.25, -0.2) is 0 Å². The van der Waals surface area contributed by atoms with E-state index in [0.717, 1.165) is 29.7 Å². The maximum absolute atomic E-state index is 5.22. The summed E-state index contributed by atoms with van der Waals surface area (Å²) in [4.78, 5) is 0. The van der Waals surface area contributed by atoms with Crippen LogP contribution in [0.2, 0.25) is 0 Å². The Labute approximate surface area is 117 Å². The van der Waals surface area contributed by atoms with Crippen molar-refractivity contribution in [3.05, 3.63) is 59.8 Å². The first-order valence-corrected chi connectivity index (χ1v) is 6.61. The van der Waals surface area contributed by atoms with Crippen LogP contribution in [-0.2, 0) is 13.1 Å². The van der Waals surface area contributed by atoms with Gasteiger partial charge < -0.3 is 10.1 Å². The second kappa shape index (κ2) is 5.75. The van der Waals surface area contributed by atoms with Gasteiger partial charge in [-0.15, -0.1) is 0 Å². The zero-order chi connectivity index (χ0) is 13.8. The molecule has 0 radical (unpaired) electrons. The predicted octanol–water partition coefficient (Wildman–Crippen LogP) is 2.86. The molecule has 2 aromatic carbocycles. The van der Waals surface area contributed by atoms with Gasteiger partial charge in [-0.1, -0.05) is 18.2 Å². The summed E-state index contributed by atoms with van der Waals surface area (Å²) in [7, 11) is 1.69. The van der Waals surface area contributed by atoms with Gasteiger partial charge in [0.05, 0.1) is 18.8 Å². The van der Waals surface area contributed by atoms with E-state index in [1.807, 2.05) is 24.4 Å². The summed E-state index contributed by atoms with van der Waals surface area (Å²) in [5.41, 5.74) is 3.54. The molecule has 0 atom stereocenters. The van der Waals surface area contributed by atoms with Crippen LogP contribution in [0.3, 0.4) is 0 Å². The molecule has 1 heterocycles. The smallest absolute Gasteiger partial charge is 0.119 e. The normalized spacial score (nSPS) is 10.8. The zero-order valence-electron chi connectivity index (χ0n) is 11.4. The Hall–Kier alpha value is -2.33. The highest BCUT2D eigenvalue weighted by Crippen LogP contribution is 2.14. The van der Waals surface area contributed by atoms with Crippen molar-refractivity contribution in [1.82, 2.24) is 15.5 Å². The van der Waals surface area contributed by atoms with Gasteiger partial charge in [0.2, 0.25) is 0 Å². The van der Waals surface area contributed by atoms with E-state index in [1.165, 1.54) is 11.1 Å². The molecular formula is C16H17N3O. The molecule has 0 aliphatic heterocycles. The van der Waals surface area contributed by atoms with Crippen LogP contribution >= 0.6 is 0 Å². The van der Waals surface area contributed by atoms with Gasteiger partial charge in [0, 0.05) is 18.5 Å². The van der Waals surface area contributed by atoms with Crippen LogP contribution in [0.5, 0.6) is 5.75 Å². The molecule has 1 aromatic heterocycles. The maximum Gasteiger partial charge on any atom is 0.119 e. The molecule has 0 bridgehead atoms. The van der Waals surface area contributed by atoms with Crippen molar-refractivity contribution in [2.75, 3.05) is 7.11 Å². The highest BCUT2D eigenvalue weighted by atomic mass is 16.5. The molecule has 3 aromatic rings. The average molecular weight is 267 g/mol. The molecule has 0 saturated carbocycles. The third-order valence-electron chi connectivity index (χ3n) is 3.30. The Bertz CT molecular complexity index is 706. The summed E-state index contributed by atoms with van der Waals surface area (Å²) in [6, 6.07) is 14.4. The van der Waals surface area contributed by atoms with Crippen LogP contribution in [0.4, 0.5) is 0 Å². The van der Waals surface area contributed by atoms with Crippen molar-refractivity contribution in [3.8, 4) is 5.75 Å². The number of aromatic nitrogens is 2. The van der Waals surface area contributed by atoms with Gasteiger partial charge in [0.1, 0.15) is 5.75 Å². The van der Waals surface area contributed by atoms with Crippen molar-refractivity contribution < 1.29 is 4.74 Å². The SMILES string of the molecule is COc1cccc(CNCc2ccc3[nH]ncc3c2)c1. The fraction of sp³-hybridized carbons (Fsp3) is 0.188. The van der Waals surface area contributed by atoms with Crippen LogP contribution in [0, 0.1) is 0 Å². The van der Waals surface area contributed by atoms with E-state index in [1.54, 1.807) is 7.11 Å². The van der Waals surface area contributed by atoms with E-state index in [2.05, 4.69) is 39.8 Å². The molecule has 3 rings (SSSR count). The molecule has 0 aliphatic carbocycles. The number of benzene rings is 2. The van der Waals surface area contributed by atoms with Crippen molar-refractivity contribution in [2.45, 2.75) is 13.1 Å². The number of methoxy groups -OCH3 is 1. The third-order valence-corrected chi connectivity index (χ3v) is 3.30. The highest BCUT2D eigenvalue weighted by Gasteiger charge is 1.99. The fourth-order valence-electron chi connectivity index (χ4n) is 2.24. The average Bonchev–Trinajstić information content (AvgIpc) is 2.95. The lowest BCUT2D eigenvalue weighted by Gasteiger charge is -2.07. The molecule has 4 nitrogen and oxygen atoms in total. The standard InChI is InChI=1S/C16H17N3O/c1-20-15-4-2-3-12(8-15)9-17-10-13-5-6-16-14(7-13)11-18-19-16/h2-8,11,17H,9-10H2,1H3,(H,18,19). The molecule has 2 N–H and O–H groups in total. The van der Waals surface area contributed by atoms with Crippen LogP contribution < -0.4 is 10.1 Å². The van der Waals surface area contributed by atoms with Gasteiger partial charge in [-0.2, -0.15) is 5.10 Å². The van der Waals surface area contributed by atoms with Crippen LogP contribution in [0.15, 0.2) is 48.7 Å². The summed E-state index contributed by atoms with van der Waals surface area (Å²) in [6.45, 7) is 1.65. The predicted molar refractivity (Wildman–Crippen MR) is 79.6 cm³/mol. The Kier molecular flexibility index (Phi) is 3.65. The number of aromatic amines is 1. The van der Waals surface area contributed by atoms with Crippen LogP contribution in [0.1, 0.15) is 11.1 Å². The Morgan fingerprint density at radius 1 is 1.10 bits per heavy atom. The minimum Gasteiger partial charge on any atom is -0.497 e. The highest BCUT2D eigenvalue weighted by molar-refractivity contribution is 5.78. The molecule has 0 saturated heterocycles. The number of rotatable bonds is 5. The third kappa shape index (κ3) is 2.81. The lowest BCUT2D eigenvalue weighted by Crippen LogP contribution is -2.12. The van der Waals surface area contributed by atoms with Crippen molar-refractivity contribution >= 4 is 10.9 Å². The first-order valence-electron chi connectivity index (χ1n) is 6.61. The first-order chi connectivity index (χ1) is 9.85. The van der Waals surface area contributed by atoms with Gasteiger partial charge >= 0.3 is 0 Å². The second-order valence-corrected chi connectivity index (χ2v) is 4.75. The number of nitrogens with zero attached hydrogens (tertiary/aromatic N) is 1. The Morgan fingerprint density at radius 3 is 2.80 bits per heavy atom. The number of hydrogen-bond acceptors (Lipinski definition) is 3. The van der Waals surface area contributed by atoms with Gasteiger partial charge in [-0.05, 0) is 35.4 Å². The molecule has 102 valence electrons. The molecule has 0 aliphatic rings. The lowest BCUT2D eigenvalue weighted by molar-refractivity contribution is 0.414. The monoisotopic (exact) mass is 267 g/mol. The molecule has 0 fully saturated rings. The van der Waals surface area contributed by atoms with Crippen molar-refractivity contribution in [2.24, 2.45) is 0 Å². The van der Waals surface area contributed by atoms with Crippen molar-refractivity contribution in [1.29, 1.82) is 0 Å². The van der Waals surface area contributed by atoms with Crippen LogP contribution in [0.25, 0.3) is 10.9 Å². The molecular weight excluding hydrogens is 250 g/mol. The largest absolute Gasteiger partial charge is 0.497 e. The molecule has 0 amide bonds. The maximum atomic E-state index is 5.22. The van der Waals surface area contributed by atoms with Gasteiger partial charge in [0.15, 0.2) is 0 Å². The summed E-state index contributed by atoms with van der Waals surface area (Å²) in [6.07, 6.45) is 1.85. The van der Waals surface area contributed by atoms with Gasteiger partial charge in [-0.3, -0.25) is 5.10 Å². The lowest BCUT2D eigenvalue weighted by atomic mass is 10.1. The quantitative estimate of drug-likeness (QED) is 0.747. The molecule has 0 spiro atoms. The van der Waals surface area contributed by atoms with Crippen molar-refractivity contribution in [3.63, 3.8) is 0 Å². The zero-order valence-corrected chi connectivity index (χ0v) is 11.4. The summed E-state index contributed by atoms with van der Waals surface area (Å²) >= 11 is 0. The number of nitrogens with one attached hydrogen (secondary N) is 2. The Morgan fingerprint density at radius 2 is 1.95 bits per heavy atom. The minimum atomic E-state index is 0.820. The van der Waals surface area contributed by atoms with E-state index in [-0.39, 0.29) is 0 Å². The fourth-order valence-corrected chi connectivity index (χ4v) is 2.24. The molecule has 0 unspecified atom stereocenters.